The van der Waals surface area contributed by atoms with Crippen LogP contribution in [-0.2, 0) is 9.53 Å². The summed E-state index contributed by atoms with van der Waals surface area (Å²) >= 11 is 2.17. The number of rotatable bonds is 5. The van der Waals surface area contributed by atoms with E-state index in [4.69, 9.17) is 4.74 Å². The molecule has 1 atom stereocenters. The molecule has 11 heavy (non-hydrogen) atoms. The minimum atomic E-state index is -0.0691. The van der Waals surface area contributed by atoms with Crippen LogP contribution in [0.1, 0.15) is 33.1 Å². The van der Waals surface area contributed by atoms with Crippen LogP contribution in [0.25, 0.3) is 0 Å². The minimum absolute atomic E-state index is 0.0691. The molecule has 0 bridgehead atoms. The Balaban J connectivity index is 3.40. The number of carbonyl (C=O) groups excluding carboxylic acids is 1. The van der Waals surface area contributed by atoms with E-state index in [0.29, 0.717) is 6.42 Å². The van der Waals surface area contributed by atoms with Crippen LogP contribution in [0, 0.1) is 0 Å². The highest BCUT2D eigenvalue weighted by molar-refractivity contribution is 14.1. The highest BCUT2D eigenvalue weighted by Gasteiger charge is 2.06. The maximum absolute atomic E-state index is 10.9. The lowest BCUT2D eigenvalue weighted by atomic mass is 10.2. The smallest absolute Gasteiger partial charge is 0.306 e. The summed E-state index contributed by atoms with van der Waals surface area (Å²) in [5.74, 6) is -0.0691. The van der Waals surface area contributed by atoms with Gasteiger partial charge >= 0.3 is 5.97 Å². The van der Waals surface area contributed by atoms with Gasteiger partial charge in [-0.3, -0.25) is 4.79 Å². The molecular formula is C8H15IO2. The van der Waals surface area contributed by atoms with E-state index in [-0.39, 0.29) is 12.1 Å². The third-order valence-corrected chi connectivity index (χ3v) is 1.87. The number of hydrogen-bond acceptors (Lipinski definition) is 2. The summed E-state index contributed by atoms with van der Waals surface area (Å²) in [5.41, 5.74) is 0. The Bertz CT molecular complexity index is 115. The molecule has 0 spiro atoms. The van der Waals surface area contributed by atoms with Crippen molar-refractivity contribution in [2.45, 2.75) is 39.2 Å². The summed E-state index contributed by atoms with van der Waals surface area (Å²) in [7, 11) is 0. The van der Waals surface area contributed by atoms with Crippen LogP contribution in [-0.4, -0.2) is 16.5 Å². The van der Waals surface area contributed by atoms with Crippen molar-refractivity contribution in [2.75, 3.05) is 4.43 Å². The van der Waals surface area contributed by atoms with E-state index in [0.717, 1.165) is 17.3 Å². The van der Waals surface area contributed by atoms with Gasteiger partial charge in [0.25, 0.3) is 0 Å². The SMILES string of the molecule is CCCC(C)OC(=O)CCI. The first kappa shape index (κ1) is 11.2. The predicted molar refractivity (Wildman–Crippen MR) is 54.0 cm³/mol. The monoisotopic (exact) mass is 270 g/mol. The van der Waals surface area contributed by atoms with E-state index in [1.807, 2.05) is 6.92 Å². The molecular weight excluding hydrogens is 255 g/mol. The van der Waals surface area contributed by atoms with Gasteiger partial charge in [-0.05, 0) is 13.3 Å². The predicted octanol–water partition coefficient (Wildman–Crippen LogP) is 2.54. The first-order chi connectivity index (χ1) is 5.20. The quantitative estimate of drug-likeness (QED) is 0.436. The Morgan fingerprint density at radius 2 is 2.27 bits per heavy atom. The van der Waals surface area contributed by atoms with Gasteiger partial charge in [-0.1, -0.05) is 35.9 Å². The van der Waals surface area contributed by atoms with Gasteiger partial charge in [0.15, 0.2) is 0 Å². The molecule has 0 fully saturated rings. The molecule has 0 saturated carbocycles. The van der Waals surface area contributed by atoms with Crippen LogP contribution in [0.5, 0.6) is 0 Å². The number of alkyl halides is 1. The van der Waals surface area contributed by atoms with Crippen LogP contribution in [0.3, 0.4) is 0 Å². The van der Waals surface area contributed by atoms with Crippen molar-refractivity contribution in [1.29, 1.82) is 0 Å². The van der Waals surface area contributed by atoms with Crippen molar-refractivity contribution < 1.29 is 9.53 Å². The van der Waals surface area contributed by atoms with Crippen molar-refractivity contribution >= 4 is 28.6 Å². The van der Waals surface area contributed by atoms with Crippen molar-refractivity contribution in [2.24, 2.45) is 0 Å². The topological polar surface area (TPSA) is 26.3 Å². The maximum Gasteiger partial charge on any atom is 0.306 e. The molecule has 3 heteroatoms. The largest absolute Gasteiger partial charge is 0.463 e. The second-order valence-electron chi connectivity index (χ2n) is 2.53. The highest BCUT2D eigenvalue weighted by Crippen LogP contribution is 2.03. The van der Waals surface area contributed by atoms with Crippen LogP contribution in [0.2, 0.25) is 0 Å². The Hall–Kier alpha value is 0.200. The molecule has 0 amide bonds. The molecule has 0 aromatic heterocycles. The first-order valence-electron chi connectivity index (χ1n) is 3.96. The third-order valence-electron chi connectivity index (χ3n) is 1.33. The number of ether oxygens (including phenoxy) is 1. The second kappa shape index (κ2) is 6.88. The molecule has 0 heterocycles. The van der Waals surface area contributed by atoms with Crippen molar-refractivity contribution in [1.82, 2.24) is 0 Å². The highest BCUT2D eigenvalue weighted by atomic mass is 127. The molecule has 2 nitrogen and oxygen atoms in total. The molecule has 0 aromatic carbocycles. The molecule has 0 N–H and O–H groups in total. The molecule has 66 valence electrons. The molecule has 0 rings (SSSR count). The average Bonchev–Trinajstić information content (AvgIpc) is 1.87. The maximum atomic E-state index is 10.9. The van der Waals surface area contributed by atoms with E-state index in [1.165, 1.54) is 0 Å². The average molecular weight is 270 g/mol. The molecule has 0 aliphatic heterocycles. The zero-order valence-electron chi connectivity index (χ0n) is 7.10. The molecule has 0 aromatic rings. The van der Waals surface area contributed by atoms with Gasteiger partial charge in [0.1, 0.15) is 0 Å². The summed E-state index contributed by atoms with van der Waals surface area (Å²) in [6.07, 6.45) is 2.66. The van der Waals surface area contributed by atoms with Gasteiger partial charge in [-0.15, -0.1) is 0 Å². The first-order valence-corrected chi connectivity index (χ1v) is 5.48. The van der Waals surface area contributed by atoms with E-state index in [2.05, 4.69) is 29.5 Å². The molecule has 0 saturated heterocycles. The van der Waals surface area contributed by atoms with Gasteiger partial charge in [-0.25, -0.2) is 0 Å². The number of hydrogen-bond donors (Lipinski definition) is 0. The molecule has 0 aliphatic rings. The Morgan fingerprint density at radius 1 is 1.64 bits per heavy atom. The number of carbonyl (C=O) groups is 1. The lowest BCUT2D eigenvalue weighted by Gasteiger charge is -2.10. The fraction of sp³-hybridized carbons (Fsp3) is 0.875. The Morgan fingerprint density at radius 3 is 2.73 bits per heavy atom. The van der Waals surface area contributed by atoms with Crippen LogP contribution in [0.15, 0.2) is 0 Å². The van der Waals surface area contributed by atoms with Crippen LogP contribution >= 0.6 is 22.6 Å². The van der Waals surface area contributed by atoms with E-state index < -0.39 is 0 Å². The van der Waals surface area contributed by atoms with Gasteiger partial charge < -0.3 is 4.74 Å². The summed E-state index contributed by atoms with van der Waals surface area (Å²) in [4.78, 5) is 10.9. The normalized spacial score (nSPS) is 12.6. The lowest BCUT2D eigenvalue weighted by molar-refractivity contribution is -0.147. The van der Waals surface area contributed by atoms with Crippen LogP contribution < -0.4 is 0 Å². The van der Waals surface area contributed by atoms with Gasteiger partial charge in [0, 0.05) is 4.43 Å². The fourth-order valence-electron chi connectivity index (χ4n) is 0.826. The van der Waals surface area contributed by atoms with Gasteiger partial charge in [0.2, 0.25) is 0 Å². The molecule has 1 unspecified atom stereocenters. The summed E-state index contributed by atoms with van der Waals surface area (Å²) < 4.78 is 5.93. The Labute approximate surface area is 81.8 Å². The molecule has 0 aliphatic carbocycles. The van der Waals surface area contributed by atoms with E-state index >= 15 is 0 Å². The van der Waals surface area contributed by atoms with Crippen molar-refractivity contribution in [3.8, 4) is 0 Å². The standard InChI is InChI=1S/C8H15IO2/c1-3-4-7(2)11-8(10)5-6-9/h7H,3-6H2,1-2H3. The zero-order valence-corrected chi connectivity index (χ0v) is 9.26. The Kier molecular flexibility index (Phi) is 7.01. The van der Waals surface area contributed by atoms with Crippen molar-refractivity contribution in [3.05, 3.63) is 0 Å². The number of esters is 1. The fourth-order valence-corrected chi connectivity index (χ4v) is 1.27. The summed E-state index contributed by atoms with van der Waals surface area (Å²) in [6.45, 7) is 4.03. The van der Waals surface area contributed by atoms with Crippen LogP contribution in [0.4, 0.5) is 0 Å². The number of halogens is 1. The van der Waals surface area contributed by atoms with Gasteiger partial charge in [0.05, 0.1) is 12.5 Å². The van der Waals surface area contributed by atoms with E-state index in [9.17, 15) is 4.79 Å². The zero-order chi connectivity index (χ0) is 8.69. The minimum Gasteiger partial charge on any atom is -0.463 e. The summed E-state index contributed by atoms with van der Waals surface area (Å²) in [5, 5.41) is 0. The lowest BCUT2D eigenvalue weighted by Crippen LogP contribution is -2.14. The summed E-state index contributed by atoms with van der Waals surface area (Å²) in [6, 6.07) is 0. The van der Waals surface area contributed by atoms with Crippen molar-refractivity contribution in [3.63, 3.8) is 0 Å². The second-order valence-corrected chi connectivity index (χ2v) is 3.61. The van der Waals surface area contributed by atoms with E-state index in [1.54, 1.807) is 0 Å². The molecule has 0 radical (unpaired) electrons. The third kappa shape index (κ3) is 6.59. The van der Waals surface area contributed by atoms with Gasteiger partial charge in [-0.2, -0.15) is 0 Å².